The molecule has 0 aliphatic carbocycles. The van der Waals surface area contributed by atoms with Gasteiger partial charge >= 0.3 is 0 Å². The molecule has 3 N–H and O–H groups in total. The van der Waals surface area contributed by atoms with Crippen LogP contribution in [0.3, 0.4) is 0 Å². The van der Waals surface area contributed by atoms with Crippen molar-refractivity contribution in [1.29, 1.82) is 0 Å². The van der Waals surface area contributed by atoms with Crippen LogP contribution in [0.4, 0.5) is 0 Å². The van der Waals surface area contributed by atoms with Crippen molar-refractivity contribution in [2.45, 2.75) is 25.3 Å². The fraction of sp³-hybridized carbons (Fsp3) is 0.278. The Morgan fingerprint density at radius 1 is 1.05 bits per heavy atom. The Balaban J connectivity index is 0.00000242. The van der Waals surface area contributed by atoms with Crippen molar-refractivity contribution in [2.24, 2.45) is 5.73 Å². The highest BCUT2D eigenvalue weighted by Crippen LogP contribution is 2.23. The minimum atomic E-state index is -0.572. The second kappa shape index (κ2) is 7.97. The van der Waals surface area contributed by atoms with Crippen LogP contribution in [-0.2, 0) is 10.2 Å². The van der Waals surface area contributed by atoms with Crippen LogP contribution in [0.1, 0.15) is 31.0 Å². The molecule has 0 saturated heterocycles. The van der Waals surface area contributed by atoms with Crippen LogP contribution in [0.15, 0.2) is 60.7 Å². The zero-order chi connectivity index (χ0) is 15.3. The maximum atomic E-state index is 12.4. The topological polar surface area (TPSA) is 55.1 Å². The molecule has 0 fully saturated rings. The highest BCUT2D eigenvalue weighted by Gasteiger charge is 2.29. The van der Waals surface area contributed by atoms with Crippen LogP contribution in [0.25, 0.3) is 0 Å². The van der Waals surface area contributed by atoms with E-state index in [0.29, 0.717) is 6.54 Å². The molecular formula is C18H23ClN2O. The van der Waals surface area contributed by atoms with Gasteiger partial charge in [0.05, 0.1) is 5.41 Å². The van der Waals surface area contributed by atoms with E-state index in [4.69, 9.17) is 5.73 Å². The summed E-state index contributed by atoms with van der Waals surface area (Å²) in [6.45, 7) is 4.27. The summed E-state index contributed by atoms with van der Waals surface area (Å²) in [4.78, 5) is 12.4. The third-order valence-electron chi connectivity index (χ3n) is 3.77. The van der Waals surface area contributed by atoms with Gasteiger partial charge in [-0.2, -0.15) is 0 Å². The lowest BCUT2D eigenvalue weighted by Crippen LogP contribution is -2.42. The first kappa shape index (κ1) is 18.2. The lowest BCUT2D eigenvalue weighted by molar-refractivity contribution is -0.125. The molecule has 0 aliphatic rings. The van der Waals surface area contributed by atoms with Crippen molar-refractivity contribution in [3.8, 4) is 0 Å². The highest BCUT2D eigenvalue weighted by molar-refractivity contribution is 5.87. The van der Waals surface area contributed by atoms with Crippen molar-refractivity contribution < 1.29 is 4.79 Å². The Morgan fingerprint density at radius 2 is 1.55 bits per heavy atom. The van der Waals surface area contributed by atoms with Crippen LogP contribution in [0.2, 0.25) is 0 Å². The van der Waals surface area contributed by atoms with Gasteiger partial charge in [0, 0.05) is 12.6 Å². The molecular weight excluding hydrogens is 296 g/mol. The smallest absolute Gasteiger partial charge is 0.230 e. The molecule has 0 bridgehead atoms. The quantitative estimate of drug-likeness (QED) is 0.889. The van der Waals surface area contributed by atoms with Crippen LogP contribution >= 0.6 is 12.4 Å². The van der Waals surface area contributed by atoms with Crippen LogP contribution in [-0.4, -0.2) is 12.5 Å². The SMILES string of the molecule is CC(C)(C(=O)NCC(N)c1ccccc1)c1ccccc1.Cl. The molecule has 2 aromatic rings. The molecule has 0 spiro atoms. The summed E-state index contributed by atoms with van der Waals surface area (Å²) in [5, 5.41) is 2.96. The Hall–Kier alpha value is -1.84. The van der Waals surface area contributed by atoms with E-state index in [0.717, 1.165) is 11.1 Å². The van der Waals surface area contributed by atoms with Gasteiger partial charge in [-0.3, -0.25) is 4.79 Å². The summed E-state index contributed by atoms with van der Waals surface area (Å²) >= 11 is 0. The zero-order valence-corrected chi connectivity index (χ0v) is 13.8. The molecule has 0 aromatic heterocycles. The summed E-state index contributed by atoms with van der Waals surface area (Å²) in [6.07, 6.45) is 0. The normalized spacial score (nSPS) is 12.1. The molecule has 1 atom stereocenters. The van der Waals surface area contributed by atoms with Gasteiger partial charge in [-0.1, -0.05) is 60.7 Å². The number of amides is 1. The third-order valence-corrected chi connectivity index (χ3v) is 3.77. The standard InChI is InChI=1S/C18H22N2O.ClH/c1-18(2,15-11-7-4-8-12-15)17(21)20-13-16(19)14-9-5-3-6-10-14;/h3-12,16H,13,19H2,1-2H3,(H,20,21);1H. The van der Waals surface area contributed by atoms with Gasteiger partial charge in [0.1, 0.15) is 0 Å². The van der Waals surface area contributed by atoms with Gasteiger partial charge in [-0.15, -0.1) is 12.4 Å². The number of benzene rings is 2. The summed E-state index contributed by atoms with van der Waals surface area (Å²) in [7, 11) is 0. The van der Waals surface area contributed by atoms with E-state index in [1.165, 1.54) is 0 Å². The first-order valence-electron chi connectivity index (χ1n) is 7.16. The van der Waals surface area contributed by atoms with Gasteiger partial charge < -0.3 is 11.1 Å². The summed E-state index contributed by atoms with van der Waals surface area (Å²) in [5.41, 5.74) is 7.56. The van der Waals surface area contributed by atoms with Gasteiger partial charge in [0.25, 0.3) is 0 Å². The third kappa shape index (κ3) is 4.33. The Morgan fingerprint density at radius 3 is 2.09 bits per heavy atom. The fourth-order valence-corrected chi connectivity index (χ4v) is 2.23. The van der Waals surface area contributed by atoms with Crippen LogP contribution in [0, 0.1) is 0 Å². The predicted octanol–water partition coefficient (Wildman–Crippen LogP) is 3.20. The minimum absolute atomic E-state index is 0. The lowest BCUT2D eigenvalue weighted by Gasteiger charge is -2.25. The van der Waals surface area contributed by atoms with Crippen molar-refractivity contribution in [2.75, 3.05) is 6.54 Å². The van der Waals surface area contributed by atoms with Crippen molar-refractivity contribution in [3.63, 3.8) is 0 Å². The second-order valence-corrected chi connectivity index (χ2v) is 5.72. The molecule has 0 aliphatic heterocycles. The van der Waals surface area contributed by atoms with Crippen molar-refractivity contribution in [3.05, 3.63) is 71.8 Å². The number of hydrogen-bond acceptors (Lipinski definition) is 2. The predicted molar refractivity (Wildman–Crippen MR) is 93.1 cm³/mol. The zero-order valence-electron chi connectivity index (χ0n) is 13.0. The van der Waals surface area contributed by atoms with Gasteiger partial charge in [-0.25, -0.2) is 0 Å². The first-order valence-corrected chi connectivity index (χ1v) is 7.16. The van der Waals surface area contributed by atoms with Gasteiger partial charge in [0.15, 0.2) is 0 Å². The van der Waals surface area contributed by atoms with E-state index in [1.807, 2.05) is 74.5 Å². The molecule has 4 heteroatoms. The number of nitrogens with one attached hydrogen (secondary N) is 1. The summed E-state index contributed by atoms with van der Waals surface area (Å²) in [6, 6.07) is 19.4. The van der Waals surface area contributed by atoms with Crippen molar-refractivity contribution >= 4 is 18.3 Å². The van der Waals surface area contributed by atoms with E-state index in [2.05, 4.69) is 5.32 Å². The molecule has 0 heterocycles. The van der Waals surface area contributed by atoms with Gasteiger partial charge in [0.2, 0.25) is 5.91 Å². The summed E-state index contributed by atoms with van der Waals surface area (Å²) < 4.78 is 0. The highest BCUT2D eigenvalue weighted by atomic mass is 35.5. The molecule has 1 amide bonds. The van der Waals surface area contributed by atoms with E-state index in [-0.39, 0.29) is 24.4 Å². The molecule has 1 unspecified atom stereocenters. The van der Waals surface area contributed by atoms with E-state index >= 15 is 0 Å². The Bertz CT molecular complexity index is 585. The average molecular weight is 319 g/mol. The second-order valence-electron chi connectivity index (χ2n) is 5.72. The number of carbonyl (C=O) groups excluding carboxylic acids is 1. The molecule has 22 heavy (non-hydrogen) atoms. The van der Waals surface area contributed by atoms with Crippen LogP contribution in [0.5, 0.6) is 0 Å². The van der Waals surface area contributed by atoms with Crippen LogP contribution < -0.4 is 11.1 Å². The lowest BCUT2D eigenvalue weighted by atomic mass is 9.83. The average Bonchev–Trinajstić information content (AvgIpc) is 2.53. The number of carbonyl (C=O) groups is 1. The fourth-order valence-electron chi connectivity index (χ4n) is 2.23. The molecule has 2 aromatic carbocycles. The number of halogens is 1. The van der Waals surface area contributed by atoms with E-state index < -0.39 is 5.41 Å². The molecule has 0 radical (unpaired) electrons. The monoisotopic (exact) mass is 318 g/mol. The largest absolute Gasteiger partial charge is 0.353 e. The number of nitrogens with two attached hydrogens (primary N) is 1. The van der Waals surface area contributed by atoms with Crippen molar-refractivity contribution in [1.82, 2.24) is 5.32 Å². The minimum Gasteiger partial charge on any atom is -0.353 e. The number of rotatable bonds is 5. The Labute approximate surface area is 138 Å². The molecule has 0 saturated carbocycles. The molecule has 2 rings (SSSR count). The Kier molecular flexibility index (Phi) is 6.60. The maximum Gasteiger partial charge on any atom is 0.230 e. The first-order chi connectivity index (χ1) is 10.0. The van der Waals surface area contributed by atoms with E-state index in [1.54, 1.807) is 0 Å². The maximum absolute atomic E-state index is 12.4. The number of hydrogen-bond donors (Lipinski definition) is 2. The van der Waals surface area contributed by atoms with E-state index in [9.17, 15) is 4.79 Å². The molecule has 118 valence electrons. The van der Waals surface area contributed by atoms with Gasteiger partial charge in [-0.05, 0) is 25.0 Å². The summed E-state index contributed by atoms with van der Waals surface area (Å²) in [5.74, 6) is -0.0138. The molecule has 3 nitrogen and oxygen atoms in total.